The standard InChI is InChI=1S/C54H96O36/c1-19(55)7-73-13-25-43-31(61)37(67)49(79-25)86-44-26(14-74-8-20(2)56)81-51(39(69)33(44)63)88-46-28(16-76-10-22(4)58)83-53(41(71)35(46)65)90-48-30(18-78-12-24(6)60)84-54(42(72)36(48)66)89-47-29(17-77-11-23(5)59)82-52(40(70)34(47)64)87-45-27(15-75-9-21(3)57)80-50(85-43)38(68)32(45)62/h19-72H,7-18H2,1-6H3/t19?,20?,21?,22?,23?,24?,25?,26?,27?,28?,29?,30?,31?,32?,33?,34?,35?,36?,37?,38?,39?,40?,41?,42?,43-,44-,45-,46-,47-,48-,49-,50-,51+,52+,53-,54+/m1/s1. The fraction of sp³-hybridized carbons (Fsp3) is 1.00. The van der Waals surface area contributed by atoms with Crippen molar-refractivity contribution >= 4 is 0 Å². The van der Waals surface area contributed by atoms with Crippen LogP contribution in [0.2, 0.25) is 0 Å². The molecule has 0 aromatic carbocycles. The van der Waals surface area contributed by atoms with E-state index in [1.54, 1.807) is 0 Å². The molecule has 528 valence electrons. The van der Waals surface area contributed by atoms with Crippen LogP contribution in [0, 0.1) is 0 Å². The molecule has 18 N–H and O–H groups in total. The van der Waals surface area contributed by atoms with Gasteiger partial charge >= 0.3 is 0 Å². The predicted octanol–water partition coefficient (Wildman–Crippen LogP) is -10.6. The molecule has 22 aliphatic rings. The lowest BCUT2D eigenvalue weighted by Gasteiger charge is -2.51. The predicted molar refractivity (Wildman–Crippen MR) is 288 cm³/mol. The molecule has 24 unspecified atom stereocenters. The number of hydrogen-bond donors (Lipinski definition) is 18. The maximum Gasteiger partial charge on any atom is 0.187 e. The van der Waals surface area contributed by atoms with Crippen molar-refractivity contribution in [2.45, 2.75) is 262 Å². The molecule has 0 aliphatic carbocycles. The Morgan fingerprint density at radius 2 is 0.333 bits per heavy atom. The molecule has 22 rings (SSSR count). The molecule has 0 saturated carbocycles. The molecule has 22 heterocycles. The Hall–Kier alpha value is -1.44. The maximum absolute atomic E-state index is 12.0. The number of rotatable bonds is 24. The Kier molecular flexibility index (Phi) is 29.7. The SMILES string of the molecule is CC(O)COCC1O[C@@H]2O[C@@H]3C(COCC(C)O)O[C@@H](O[C@@H]4C(COCC(C)O)O[C@H](O[C@@H]5C(COCC(C)O)O[C@@H](O[C@@H]6C(COCC(C)O)O[C@@H](O[C@@H]7C(COCC(C)O)O[C@H](O[C@H]1C(O)C2O)C(O)C7O)C(O)C6O)C(O)C5O)C(O)C4O)C(O)C3O. The Morgan fingerprint density at radius 1 is 0.211 bits per heavy atom. The van der Waals surface area contributed by atoms with Crippen molar-refractivity contribution in [3.63, 3.8) is 0 Å². The highest BCUT2D eigenvalue weighted by molar-refractivity contribution is 5.01. The monoisotopic (exact) mass is 1320 g/mol. The molecule has 22 aliphatic heterocycles. The first-order chi connectivity index (χ1) is 42.6. The van der Waals surface area contributed by atoms with E-state index in [1.807, 2.05) is 0 Å². The largest absolute Gasteiger partial charge is 0.391 e. The second-order valence-electron chi connectivity index (χ2n) is 24.1. The fourth-order valence-corrected chi connectivity index (χ4v) is 11.0. The van der Waals surface area contributed by atoms with Gasteiger partial charge < -0.3 is 177 Å². The van der Waals surface area contributed by atoms with Crippen molar-refractivity contribution in [2.24, 2.45) is 0 Å². The number of hydrogen-bond acceptors (Lipinski definition) is 36. The second kappa shape index (κ2) is 35.2. The summed E-state index contributed by atoms with van der Waals surface area (Å²) in [5.41, 5.74) is 0. The second-order valence-corrected chi connectivity index (χ2v) is 24.1. The first-order valence-corrected chi connectivity index (χ1v) is 30.1. The first kappa shape index (κ1) is 75.9. The van der Waals surface area contributed by atoms with Crippen molar-refractivity contribution in [1.82, 2.24) is 0 Å². The van der Waals surface area contributed by atoms with Crippen molar-refractivity contribution in [1.29, 1.82) is 0 Å². The van der Waals surface area contributed by atoms with Crippen LogP contribution in [0.25, 0.3) is 0 Å². The molecule has 0 aromatic rings. The lowest BCUT2D eigenvalue weighted by Crippen LogP contribution is -2.69. The molecule has 36 heteroatoms. The summed E-state index contributed by atoms with van der Waals surface area (Å²) in [6, 6.07) is 0. The van der Waals surface area contributed by atoms with Crippen molar-refractivity contribution < 1.29 is 177 Å². The summed E-state index contributed by atoms with van der Waals surface area (Å²) in [7, 11) is 0. The zero-order valence-electron chi connectivity index (χ0n) is 50.7. The van der Waals surface area contributed by atoms with Crippen LogP contribution in [0.15, 0.2) is 0 Å². The first-order valence-electron chi connectivity index (χ1n) is 30.1. The molecule has 12 bridgehead atoms. The quantitative estimate of drug-likeness (QED) is 0.0427. The van der Waals surface area contributed by atoms with Gasteiger partial charge in [0.05, 0.1) is 116 Å². The molecule has 36 atom stereocenters. The Morgan fingerprint density at radius 3 is 0.444 bits per heavy atom. The minimum absolute atomic E-state index is 0.338. The van der Waals surface area contributed by atoms with Gasteiger partial charge in [0.25, 0.3) is 0 Å². The fourth-order valence-electron chi connectivity index (χ4n) is 11.0. The molecule has 22 fully saturated rings. The van der Waals surface area contributed by atoms with Gasteiger partial charge in [0.1, 0.15) is 146 Å². The summed E-state index contributed by atoms with van der Waals surface area (Å²) in [5.74, 6) is 0. The average Bonchev–Trinajstić information content (AvgIpc) is 1.00. The van der Waals surface area contributed by atoms with Crippen molar-refractivity contribution in [3.8, 4) is 0 Å². The van der Waals surface area contributed by atoms with Crippen molar-refractivity contribution in [2.75, 3.05) is 79.3 Å². The third-order valence-electron chi connectivity index (χ3n) is 15.4. The summed E-state index contributed by atoms with van der Waals surface area (Å²) >= 11 is 0. The average molecular weight is 1320 g/mol. The third kappa shape index (κ3) is 19.9. The van der Waals surface area contributed by atoms with Crippen LogP contribution in [0.5, 0.6) is 0 Å². The highest BCUT2D eigenvalue weighted by Gasteiger charge is 2.59. The molecule has 36 nitrogen and oxygen atoms in total. The minimum Gasteiger partial charge on any atom is -0.391 e. The zero-order chi connectivity index (χ0) is 66.0. The molecular formula is C54H96O36. The van der Waals surface area contributed by atoms with Crippen LogP contribution in [0.1, 0.15) is 41.5 Å². The summed E-state index contributed by atoms with van der Waals surface area (Å²) in [6.07, 6.45) is -64.7. The van der Waals surface area contributed by atoms with Crippen LogP contribution in [-0.4, -0.2) is 392 Å². The molecule has 22 saturated heterocycles. The highest BCUT2D eigenvalue weighted by atomic mass is 16.8. The zero-order valence-corrected chi connectivity index (χ0v) is 50.7. The minimum atomic E-state index is -2.18. The van der Waals surface area contributed by atoms with E-state index in [0.29, 0.717) is 0 Å². The van der Waals surface area contributed by atoms with Crippen LogP contribution in [0.3, 0.4) is 0 Å². The van der Waals surface area contributed by atoms with E-state index in [9.17, 15) is 91.9 Å². The summed E-state index contributed by atoms with van der Waals surface area (Å²) in [6.45, 7) is 2.83. The van der Waals surface area contributed by atoms with E-state index in [4.69, 9.17) is 85.3 Å². The smallest absolute Gasteiger partial charge is 0.187 e. The van der Waals surface area contributed by atoms with Gasteiger partial charge in [0, 0.05) is 0 Å². The Labute approximate surface area is 517 Å². The summed E-state index contributed by atoms with van der Waals surface area (Å²) < 4.78 is 108. The van der Waals surface area contributed by atoms with Gasteiger partial charge in [-0.1, -0.05) is 0 Å². The van der Waals surface area contributed by atoms with E-state index in [1.165, 1.54) is 41.5 Å². The van der Waals surface area contributed by atoms with Crippen LogP contribution >= 0.6 is 0 Å². The van der Waals surface area contributed by atoms with E-state index < -0.39 is 261 Å². The lowest BCUT2D eigenvalue weighted by atomic mass is 9.94. The normalized spacial score (nSPS) is 46.0. The molecular weight excluding hydrogens is 1220 g/mol. The van der Waals surface area contributed by atoms with Gasteiger partial charge in [-0.25, -0.2) is 0 Å². The van der Waals surface area contributed by atoms with Gasteiger partial charge in [-0.2, -0.15) is 0 Å². The topological polar surface area (TPSA) is 530 Å². The highest BCUT2D eigenvalue weighted by Crippen LogP contribution is 2.39. The van der Waals surface area contributed by atoms with E-state index >= 15 is 0 Å². The maximum atomic E-state index is 12.0. The Bertz CT molecular complexity index is 1680. The lowest BCUT2D eigenvalue weighted by molar-refractivity contribution is -0.405. The Balaban J connectivity index is 1.30. The van der Waals surface area contributed by atoms with Crippen LogP contribution in [-0.2, 0) is 85.3 Å². The van der Waals surface area contributed by atoms with Gasteiger partial charge in [-0.05, 0) is 41.5 Å². The van der Waals surface area contributed by atoms with Gasteiger partial charge in [-0.15, -0.1) is 0 Å². The van der Waals surface area contributed by atoms with E-state index in [0.717, 1.165) is 0 Å². The number of aliphatic hydroxyl groups is 18. The molecule has 0 radical (unpaired) electrons. The van der Waals surface area contributed by atoms with E-state index in [2.05, 4.69) is 0 Å². The number of aliphatic hydroxyl groups excluding tert-OH is 18. The third-order valence-corrected chi connectivity index (χ3v) is 15.4. The molecule has 0 amide bonds. The van der Waals surface area contributed by atoms with Gasteiger partial charge in [0.15, 0.2) is 37.7 Å². The van der Waals surface area contributed by atoms with Gasteiger partial charge in [-0.3, -0.25) is 0 Å². The summed E-state index contributed by atoms with van der Waals surface area (Å²) in [4.78, 5) is 0. The molecule has 0 aromatic heterocycles. The molecule has 0 spiro atoms. The van der Waals surface area contributed by atoms with Crippen molar-refractivity contribution in [3.05, 3.63) is 0 Å². The van der Waals surface area contributed by atoms with Crippen LogP contribution in [0.4, 0.5) is 0 Å². The molecule has 90 heavy (non-hydrogen) atoms. The summed E-state index contributed by atoms with van der Waals surface area (Å²) in [5, 5.41) is 203. The number of ether oxygens (including phenoxy) is 18. The van der Waals surface area contributed by atoms with Crippen LogP contribution < -0.4 is 0 Å². The van der Waals surface area contributed by atoms with E-state index in [-0.39, 0.29) is 39.6 Å². The van der Waals surface area contributed by atoms with Gasteiger partial charge in [0.2, 0.25) is 0 Å².